The third kappa shape index (κ3) is 5.86. The molecule has 0 radical (unpaired) electrons. The highest BCUT2D eigenvalue weighted by molar-refractivity contribution is 5.93. The zero-order valence-corrected chi connectivity index (χ0v) is 21.0. The molecule has 0 aliphatic heterocycles. The van der Waals surface area contributed by atoms with Gasteiger partial charge in [0.1, 0.15) is 5.82 Å². The lowest BCUT2D eigenvalue weighted by atomic mass is 9.86. The number of fused-ring (bicyclic) bond motifs is 1. The Labute approximate surface area is 199 Å². The van der Waals surface area contributed by atoms with Gasteiger partial charge in [0.15, 0.2) is 0 Å². The van der Waals surface area contributed by atoms with Crippen LogP contribution in [0.4, 0.5) is 11.5 Å². The summed E-state index contributed by atoms with van der Waals surface area (Å²) in [6.07, 6.45) is 6.11. The Balaban J connectivity index is 1.25. The second-order valence-corrected chi connectivity index (χ2v) is 10.1. The van der Waals surface area contributed by atoms with Crippen LogP contribution < -0.4 is 15.5 Å². The van der Waals surface area contributed by atoms with Crippen LogP contribution in [0.15, 0.2) is 42.5 Å². The predicted molar refractivity (Wildman–Crippen MR) is 143 cm³/mol. The second-order valence-electron chi connectivity index (χ2n) is 10.1. The van der Waals surface area contributed by atoms with Gasteiger partial charge in [-0.15, -0.1) is 0 Å². The standard InChI is InChI=1S/C29H40N4/c1-20-16-21(2)25(22(3)17-20)14-15-30-19-23-10-12-24(13-11-23)31-29-18-28(33(4)5)26-8-6-7-9-27(26)32-29/h6-9,16-18,23-24,30H,10-15,19H2,1-5H3,(H,31,32)/t23-,24+. The number of nitrogens with zero attached hydrogens (tertiary/aromatic N) is 2. The minimum Gasteiger partial charge on any atom is -0.377 e. The van der Waals surface area contributed by atoms with E-state index in [0.717, 1.165) is 36.8 Å². The molecule has 0 spiro atoms. The van der Waals surface area contributed by atoms with Gasteiger partial charge in [0.2, 0.25) is 0 Å². The van der Waals surface area contributed by atoms with Gasteiger partial charge in [-0.2, -0.15) is 0 Å². The van der Waals surface area contributed by atoms with Gasteiger partial charge in [0.25, 0.3) is 0 Å². The first kappa shape index (κ1) is 23.6. The molecule has 4 heteroatoms. The van der Waals surface area contributed by atoms with Crippen LogP contribution in [0.1, 0.15) is 47.9 Å². The van der Waals surface area contributed by atoms with Gasteiger partial charge in [-0.05, 0) is 94.6 Å². The fraction of sp³-hybridized carbons (Fsp3) is 0.483. The van der Waals surface area contributed by atoms with E-state index < -0.39 is 0 Å². The second kappa shape index (κ2) is 10.6. The number of para-hydroxylation sites is 1. The maximum Gasteiger partial charge on any atom is 0.128 e. The van der Waals surface area contributed by atoms with Gasteiger partial charge in [0.05, 0.1) is 5.52 Å². The van der Waals surface area contributed by atoms with Gasteiger partial charge >= 0.3 is 0 Å². The zero-order valence-electron chi connectivity index (χ0n) is 21.0. The molecule has 1 fully saturated rings. The van der Waals surface area contributed by atoms with Gasteiger partial charge in [0, 0.05) is 37.3 Å². The van der Waals surface area contributed by atoms with Crippen LogP contribution >= 0.6 is 0 Å². The lowest BCUT2D eigenvalue weighted by molar-refractivity contribution is 0.325. The van der Waals surface area contributed by atoms with E-state index in [9.17, 15) is 0 Å². The number of pyridine rings is 1. The van der Waals surface area contributed by atoms with Crippen molar-refractivity contribution in [3.8, 4) is 0 Å². The van der Waals surface area contributed by atoms with Crippen molar-refractivity contribution >= 4 is 22.4 Å². The molecular weight excluding hydrogens is 404 g/mol. The fourth-order valence-electron chi connectivity index (χ4n) is 5.44. The zero-order chi connectivity index (χ0) is 23.4. The van der Waals surface area contributed by atoms with Gasteiger partial charge < -0.3 is 15.5 Å². The lowest BCUT2D eigenvalue weighted by Crippen LogP contribution is -2.32. The number of hydrogen-bond acceptors (Lipinski definition) is 4. The molecule has 0 amide bonds. The Morgan fingerprint density at radius 3 is 2.33 bits per heavy atom. The lowest BCUT2D eigenvalue weighted by Gasteiger charge is -2.30. The van der Waals surface area contributed by atoms with E-state index in [0.29, 0.717) is 6.04 Å². The number of aromatic nitrogens is 1. The first-order valence-electron chi connectivity index (χ1n) is 12.5. The largest absolute Gasteiger partial charge is 0.377 e. The summed E-state index contributed by atoms with van der Waals surface area (Å²) in [5.41, 5.74) is 8.02. The van der Waals surface area contributed by atoms with E-state index in [1.54, 1.807) is 0 Å². The Morgan fingerprint density at radius 1 is 0.939 bits per heavy atom. The Morgan fingerprint density at radius 2 is 1.64 bits per heavy atom. The van der Waals surface area contributed by atoms with E-state index in [2.05, 4.69) is 92.9 Å². The number of rotatable bonds is 8. The molecule has 1 aromatic heterocycles. The molecular formula is C29H40N4. The van der Waals surface area contributed by atoms with Crippen LogP contribution in [0.25, 0.3) is 10.9 Å². The quantitative estimate of drug-likeness (QED) is 0.416. The Kier molecular flexibility index (Phi) is 7.54. The third-order valence-corrected chi connectivity index (χ3v) is 7.20. The first-order valence-corrected chi connectivity index (χ1v) is 12.5. The Bertz CT molecular complexity index is 1060. The van der Waals surface area contributed by atoms with E-state index in [4.69, 9.17) is 4.98 Å². The molecule has 2 N–H and O–H groups in total. The van der Waals surface area contributed by atoms with Crippen molar-refractivity contribution in [1.82, 2.24) is 10.3 Å². The molecule has 0 saturated heterocycles. The van der Waals surface area contributed by atoms with E-state index in [-0.39, 0.29) is 0 Å². The van der Waals surface area contributed by atoms with Crippen molar-refractivity contribution in [3.63, 3.8) is 0 Å². The van der Waals surface area contributed by atoms with Crippen LogP contribution in [0.2, 0.25) is 0 Å². The summed E-state index contributed by atoms with van der Waals surface area (Å²) in [5, 5.41) is 8.68. The van der Waals surface area contributed by atoms with Crippen molar-refractivity contribution in [3.05, 3.63) is 64.7 Å². The monoisotopic (exact) mass is 444 g/mol. The summed E-state index contributed by atoms with van der Waals surface area (Å²) in [5.74, 6) is 1.79. The average Bonchev–Trinajstić information content (AvgIpc) is 2.78. The van der Waals surface area contributed by atoms with Crippen LogP contribution in [0, 0.1) is 26.7 Å². The van der Waals surface area contributed by atoms with E-state index in [1.807, 2.05) is 0 Å². The summed E-state index contributed by atoms with van der Waals surface area (Å²) in [7, 11) is 4.20. The van der Waals surface area contributed by atoms with Crippen molar-refractivity contribution in [1.29, 1.82) is 0 Å². The molecule has 2 aromatic carbocycles. The highest BCUT2D eigenvalue weighted by atomic mass is 15.1. The molecule has 1 heterocycles. The molecule has 0 bridgehead atoms. The van der Waals surface area contributed by atoms with Crippen LogP contribution in [0.5, 0.6) is 0 Å². The summed E-state index contributed by atoms with van der Waals surface area (Å²) in [6.45, 7) is 8.88. The minimum atomic E-state index is 0.516. The number of aryl methyl sites for hydroxylation is 3. The topological polar surface area (TPSA) is 40.2 Å². The molecule has 0 unspecified atom stereocenters. The molecule has 4 nitrogen and oxygen atoms in total. The fourth-order valence-corrected chi connectivity index (χ4v) is 5.44. The normalized spacial score (nSPS) is 18.5. The molecule has 1 saturated carbocycles. The van der Waals surface area contributed by atoms with Crippen molar-refractivity contribution in [2.24, 2.45) is 5.92 Å². The van der Waals surface area contributed by atoms with E-state index >= 15 is 0 Å². The average molecular weight is 445 g/mol. The molecule has 4 rings (SSSR count). The van der Waals surface area contributed by atoms with Gasteiger partial charge in [-0.1, -0.05) is 35.9 Å². The summed E-state index contributed by atoms with van der Waals surface area (Å²) >= 11 is 0. The van der Waals surface area contributed by atoms with E-state index in [1.165, 1.54) is 59.0 Å². The number of hydrogen-bond donors (Lipinski definition) is 2. The molecule has 3 aromatic rings. The minimum absolute atomic E-state index is 0.516. The molecule has 176 valence electrons. The molecule has 1 aliphatic carbocycles. The molecule has 1 aliphatic rings. The van der Waals surface area contributed by atoms with Crippen LogP contribution in [-0.4, -0.2) is 38.2 Å². The van der Waals surface area contributed by atoms with Crippen molar-refractivity contribution in [2.45, 2.75) is 58.9 Å². The number of anilines is 2. The SMILES string of the molecule is Cc1cc(C)c(CCNC[C@H]2CC[C@@H](Nc3cc(N(C)C)c4ccccc4n3)CC2)c(C)c1. The smallest absolute Gasteiger partial charge is 0.128 e. The van der Waals surface area contributed by atoms with Gasteiger partial charge in [-0.25, -0.2) is 4.98 Å². The molecule has 0 atom stereocenters. The maximum atomic E-state index is 4.89. The maximum absolute atomic E-state index is 4.89. The van der Waals surface area contributed by atoms with Crippen molar-refractivity contribution < 1.29 is 0 Å². The first-order chi connectivity index (χ1) is 15.9. The Hall–Kier alpha value is -2.59. The van der Waals surface area contributed by atoms with Gasteiger partial charge in [-0.3, -0.25) is 0 Å². The molecule has 33 heavy (non-hydrogen) atoms. The number of nitrogens with one attached hydrogen (secondary N) is 2. The number of benzene rings is 2. The van der Waals surface area contributed by atoms with Crippen molar-refractivity contribution in [2.75, 3.05) is 37.4 Å². The third-order valence-electron chi connectivity index (χ3n) is 7.20. The summed E-state index contributed by atoms with van der Waals surface area (Å²) in [4.78, 5) is 7.07. The predicted octanol–water partition coefficient (Wildman–Crippen LogP) is 6.03. The van der Waals surface area contributed by atoms with Crippen LogP contribution in [0.3, 0.4) is 0 Å². The highest BCUT2D eigenvalue weighted by Crippen LogP contribution is 2.30. The summed E-state index contributed by atoms with van der Waals surface area (Å²) in [6, 6.07) is 15.7. The summed E-state index contributed by atoms with van der Waals surface area (Å²) < 4.78 is 0. The van der Waals surface area contributed by atoms with Crippen LogP contribution in [-0.2, 0) is 6.42 Å². The highest BCUT2D eigenvalue weighted by Gasteiger charge is 2.21.